The lowest BCUT2D eigenvalue weighted by Gasteiger charge is -2.24. The van der Waals surface area contributed by atoms with Crippen LogP contribution < -0.4 is 5.73 Å². The first kappa shape index (κ1) is 12.8. The third-order valence-corrected chi connectivity index (χ3v) is 3.46. The van der Waals surface area contributed by atoms with Crippen LogP contribution in [-0.4, -0.2) is 27.1 Å². The first-order valence-electron chi connectivity index (χ1n) is 5.97. The van der Waals surface area contributed by atoms with Crippen molar-refractivity contribution >= 4 is 5.78 Å². The van der Waals surface area contributed by atoms with Gasteiger partial charge in [-0.1, -0.05) is 0 Å². The Morgan fingerprint density at radius 2 is 2.33 bits per heavy atom. The summed E-state index contributed by atoms with van der Waals surface area (Å²) in [4.78, 5) is 12.2. The molecule has 1 aliphatic heterocycles. The number of nitrogens with zero attached hydrogens (tertiary/aromatic N) is 2. The maximum absolute atomic E-state index is 12.2. The van der Waals surface area contributed by atoms with Crippen molar-refractivity contribution in [3.8, 4) is 6.07 Å². The zero-order valence-electron chi connectivity index (χ0n) is 10.6. The normalized spacial score (nSPS) is 20.3. The van der Waals surface area contributed by atoms with Crippen LogP contribution in [0, 0.1) is 11.3 Å². The summed E-state index contributed by atoms with van der Waals surface area (Å²) in [6.45, 7) is 3.68. The number of carbonyl (C=O) groups excluding carboxylic acids is 1. The van der Waals surface area contributed by atoms with Gasteiger partial charge in [-0.05, 0) is 32.4 Å². The number of hydrogen-bond acceptors (Lipinski definition) is 4. The minimum Gasteiger partial charge on any atom is -0.388 e. The average Bonchev–Trinajstić information content (AvgIpc) is 2.85. The lowest BCUT2D eigenvalue weighted by atomic mass is 9.94. The Labute approximate surface area is 106 Å². The van der Waals surface area contributed by atoms with Gasteiger partial charge in [0.25, 0.3) is 0 Å². The Balaban J connectivity index is 2.33. The summed E-state index contributed by atoms with van der Waals surface area (Å²) < 4.78 is 1.84. The molecular weight excluding hydrogens is 230 g/mol. The number of Topliss-reactive ketones (excluding diaryl/α,β-unsaturated/α-hetero) is 1. The summed E-state index contributed by atoms with van der Waals surface area (Å²) >= 11 is 0. The molecule has 0 aromatic carbocycles. The zero-order chi connectivity index (χ0) is 13.5. The fourth-order valence-corrected chi connectivity index (χ4v) is 2.27. The number of rotatable bonds is 3. The number of ketones is 1. The molecule has 1 unspecified atom stereocenters. The second-order valence-electron chi connectivity index (χ2n) is 5.26. The minimum absolute atomic E-state index is 0.148. The number of nitriles is 1. The van der Waals surface area contributed by atoms with Gasteiger partial charge in [0.05, 0.1) is 29.3 Å². The van der Waals surface area contributed by atoms with Gasteiger partial charge < -0.3 is 15.4 Å². The van der Waals surface area contributed by atoms with E-state index in [1.807, 2.05) is 4.57 Å². The molecule has 0 saturated heterocycles. The van der Waals surface area contributed by atoms with Crippen LogP contribution in [0.2, 0.25) is 0 Å². The molecule has 1 aliphatic rings. The van der Waals surface area contributed by atoms with Crippen molar-refractivity contribution in [3.63, 3.8) is 0 Å². The van der Waals surface area contributed by atoms with Crippen LogP contribution in [-0.2, 0) is 6.54 Å². The van der Waals surface area contributed by atoms with E-state index < -0.39 is 11.6 Å². The second kappa shape index (κ2) is 4.23. The van der Waals surface area contributed by atoms with Gasteiger partial charge in [-0.15, -0.1) is 0 Å². The summed E-state index contributed by atoms with van der Waals surface area (Å²) in [7, 11) is 0. The number of aromatic nitrogens is 1. The fourth-order valence-electron chi connectivity index (χ4n) is 2.27. The van der Waals surface area contributed by atoms with E-state index in [0.717, 1.165) is 12.1 Å². The van der Waals surface area contributed by atoms with E-state index in [-0.39, 0.29) is 11.7 Å². The Kier molecular flexibility index (Phi) is 3.01. The molecule has 2 atom stereocenters. The number of fused-ring (bicyclic) bond motifs is 1. The zero-order valence-corrected chi connectivity index (χ0v) is 10.6. The molecule has 0 aliphatic carbocycles. The first-order valence-corrected chi connectivity index (χ1v) is 5.97. The highest BCUT2D eigenvalue weighted by Crippen LogP contribution is 2.30. The van der Waals surface area contributed by atoms with Gasteiger partial charge in [-0.25, -0.2) is 0 Å². The van der Waals surface area contributed by atoms with Crippen molar-refractivity contribution in [1.29, 1.82) is 5.26 Å². The van der Waals surface area contributed by atoms with E-state index in [0.29, 0.717) is 12.2 Å². The summed E-state index contributed by atoms with van der Waals surface area (Å²) in [5.74, 6) is -0.433. The molecule has 18 heavy (non-hydrogen) atoms. The largest absolute Gasteiger partial charge is 0.388 e. The molecule has 0 saturated carbocycles. The second-order valence-corrected chi connectivity index (χ2v) is 5.26. The van der Waals surface area contributed by atoms with Crippen LogP contribution in [0.4, 0.5) is 0 Å². The highest BCUT2D eigenvalue weighted by molar-refractivity contribution is 5.99. The van der Waals surface area contributed by atoms with Crippen LogP contribution in [0.1, 0.15) is 42.4 Å². The number of aliphatic hydroxyl groups is 1. The fraction of sp³-hybridized carbons (Fsp3) is 0.538. The Morgan fingerprint density at radius 3 is 2.89 bits per heavy atom. The minimum atomic E-state index is -1.25. The smallest absolute Gasteiger partial charge is 0.198 e. The summed E-state index contributed by atoms with van der Waals surface area (Å²) in [5.41, 5.74) is 5.86. The molecule has 0 bridgehead atoms. The third-order valence-electron chi connectivity index (χ3n) is 3.46. The SMILES string of the molecule is CC(C)(O)[C@H](N)C(=O)c1ccc2n1CCC2C#N. The van der Waals surface area contributed by atoms with Gasteiger partial charge in [-0.2, -0.15) is 5.26 Å². The summed E-state index contributed by atoms with van der Waals surface area (Å²) in [6.07, 6.45) is 0.727. The molecule has 0 spiro atoms. The maximum atomic E-state index is 12.2. The van der Waals surface area contributed by atoms with Crippen LogP contribution in [0.15, 0.2) is 12.1 Å². The summed E-state index contributed by atoms with van der Waals surface area (Å²) in [5, 5.41) is 18.8. The molecular formula is C13H17N3O2. The van der Waals surface area contributed by atoms with Gasteiger partial charge >= 0.3 is 0 Å². The molecule has 5 nitrogen and oxygen atoms in total. The molecule has 2 heterocycles. The van der Waals surface area contributed by atoms with Gasteiger partial charge in [0.2, 0.25) is 0 Å². The Morgan fingerprint density at radius 1 is 1.67 bits per heavy atom. The van der Waals surface area contributed by atoms with E-state index in [2.05, 4.69) is 6.07 Å². The number of hydrogen-bond donors (Lipinski definition) is 2. The predicted octanol–water partition coefficient (Wildman–Crippen LogP) is 0.780. The first-order chi connectivity index (χ1) is 8.36. The van der Waals surface area contributed by atoms with Crippen LogP contribution in [0.5, 0.6) is 0 Å². The lowest BCUT2D eigenvalue weighted by molar-refractivity contribution is 0.0446. The van der Waals surface area contributed by atoms with E-state index >= 15 is 0 Å². The summed E-state index contributed by atoms with van der Waals surface area (Å²) in [6, 6.07) is 4.74. The topological polar surface area (TPSA) is 92.0 Å². The molecule has 0 fully saturated rings. The van der Waals surface area contributed by atoms with Crippen molar-refractivity contribution in [2.45, 2.75) is 44.4 Å². The van der Waals surface area contributed by atoms with Crippen molar-refractivity contribution in [2.75, 3.05) is 0 Å². The molecule has 3 N–H and O–H groups in total. The van der Waals surface area contributed by atoms with Gasteiger partial charge in [0.1, 0.15) is 0 Å². The maximum Gasteiger partial charge on any atom is 0.198 e. The van der Waals surface area contributed by atoms with E-state index in [9.17, 15) is 9.90 Å². The third kappa shape index (κ3) is 1.94. The van der Waals surface area contributed by atoms with Gasteiger partial charge in [0.15, 0.2) is 5.78 Å². The van der Waals surface area contributed by atoms with Crippen LogP contribution >= 0.6 is 0 Å². The number of carbonyl (C=O) groups is 1. The Hall–Kier alpha value is -1.64. The molecule has 0 radical (unpaired) electrons. The van der Waals surface area contributed by atoms with Crippen molar-refractivity contribution < 1.29 is 9.90 Å². The highest BCUT2D eigenvalue weighted by Gasteiger charge is 2.34. The molecule has 2 rings (SSSR count). The molecule has 0 amide bonds. The highest BCUT2D eigenvalue weighted by atomic mass is 16.3. The van der Waals surface area contributed by atoms with Crippen molar-refractivity contribution in [2.24, 2.45) is 5.73 Å². The molecule has 1 aromatic rings. The number of nitrogens with two attached hydrogens (primary N) is 1. The lowest BCUT2D eigenvalue weighted by Crippen LogP contribution is -2.49. The van der Waals surface area contributed by atoms with Crippen LogP contribution in [0.25, 0.3) is 0 Å². The van der Waals surface area contributed by atoms with Crippen molar-refractivity contribution in [3.05, 3.63) is 23.5 Å². The standard InChI is InChI=1S/C13H17N3O2/c1-13(2,18)12(15)11(17)10-4-3-9-8(7-14)5-6-16(9)10/h3-4,8,12,18H,5-6,15H2,1-2H3/t8?,12-/m1/s1. The van der Waals surface area contributed by atoms with Gasteiger partial charge in [-0.3, -0.25) is 4.79 Å². The van der Waals surface area contributed by atoms with Crippen molar-refractivity contribution in [1.82, 2.24) is 4.57 Å². The average molecular weight is 247 g/mol. The molecule has 1 aromatic heterocycles. The van der Waals surface area contributed by atoms with E-state index in [1.165, 1.54) is 13.8 Å². The van der Waals surface area contributed by atoms with Gasteiger partial charge in [0, 0.05) is 12.2 Å². The molecule has 96 valence electrons. The van der Waals surface area contributed by atoms with E-state index in [4.69, 9.17) is 11.0 Å². The van der Waals surface area contributed by atoms with E-state index in [1.54, 1.807) is 12.1 Å². The monoisotopic (exact) mass is 247 g/mol. The Bertz CT molecular complexity index is 519. The predicted molar refractivity (Wildman–Crippen MR) is 66.0 cm³/mol. The molecule has 5 heteroatoms. The quantitative estimate of drug-likeness (QED) is 0.772. The van der Waals surface area contributed by atoms with Crippen LogP contribution in [0.3, 0.4) is 0 Å².